The van der Waals surface area contributed by atoms with Crippen LogP contribution < -0.4 is 5.48 Å². The van der Waals surface area contributed by atoms with E-state index in [1.165, 1.54) is 6.07 Å². The minimum Gasteiger partial charge on any atom is -0.343 e. The Labute approximate surface area is 128 Å². The summed E-state index contributed by atoms with van der Waals surface area (Å²) in [5.74, 6) is -0.745. The maximum Gasteiger partial charge on any atom is 0.276 e. The molecule has 2 rings (SSSR count). The summed E-state index contributed by atoms with van der Waals surface area (Å²) in [5.41, 5.74) is 3.28. The molecule has 0 aliphatic carbocycles. The second kappa shape index (κ2) is 7.04. The van der Waals surface area contributed by atoms with E-state index < -0.39 is 5.91 Å². The Kier molecular flexibility index (Phi) is 5.11. The van der Waals surface area contributed by atoms with Crippen LogP contribution in [0.4, 0.5) is 0 Å². The van der Waals surface area contributed by atoms with E-state index >= 15 is 0 Å². The third-order valence-electron chi connectivity index (χ3n) is 3.63. The molecule has 0 bridgehead atoms. The van der Waals surface area contributed by atoms with E-state index in [0.717, 1.165) is 12.0 Å². The van der Waals surface area contributed by atoms with Crippen molar-refractivity contribution in [1.82, 2.24) is 14.9 Å². The molecular formula is C15H20N4O3. The second-order valence-electron chi connectivity index (χ2n) is 5.08. The molecule has 0 saturated carbocycles. The highest BCUT2D eigenvalue weighted by atomic mass is 16.5. The van der Waals surface area contributed by atoms with Gasteiger partial charge in [-0.05, 0) is 25.0 Å². The fraction of sp³-hybridized carbons (Fsp3) is 0.400. The molecule has 22 heavy (non-hydrogen) atoms. The van der Waals surface area contributed by atoms with Crippen molar-refractivity contribution < 1.29 is 14.8 Å². The van der Waals surface area contributed by atoms with Crippen molar-refractivity contribution in [2.75, 3.05) is 20.1 Å². The van der Waals surface area contributed by atoms with Crippen LogP contribution in [0.3, 0.4) is 0 Å². The lowest BCUT2D eigenvalue weighted by Crippen LogP contribution is -2.33. The highest BCUT2D eigenvalue weighted by Crippen LogP contribution is 2.17. The second-order valence-corrected chi connectivity index (χ2v) is 5.08. The SMILES string of the molecule is CC=C(C=NC)CN1CCCn2cc(C(=O)NO)cc2C1=O. The van der Waals surface area contributed by atoms with E-state index in [1.54, 1.807) is 34.4 Å². The molecular weight excluding hydrogens is 284 g/mol. The van der Waals surface area contributed by atoms with Crippen LogP contribution in [-0.2, 0) is 6.54 Å². The largest absolute Gasteiger partial charge is 0.343 e. The van der Waals surface area contributed by atoms with Crippen molar-refractivity contribution in [2.45, 2.75) is 19.9 Å². The standard InChI is InChI=1S/C15H20N4O3/c1-3-11(8-16-2)9-19-6-4-5-18-10-12(14(20)17-22)7-13(18)15(19)21/h3,7-8,10,22H,4-6,9H2,1-2H3,(H,17,20). The van der Waals surface area contributed by atoms with E-state index in [-0.39, 0.29) is 11.5 Å². The lowest BCUT2D eigenvalue weighted by Gasteiger charge is -2.20. The van der Waals surface area contributed by atoms with Gasteiger partial charge >= 0.3 is 0 Å². The number of hydrogen-bond donors (Lipinski definition) is 2. The van der Waals surface area contributed by atoms with Gasteiger partial charge in [0.05, 0.1) is 5.56 Å². The van der Waals surface area contributed by atoms with E-state index in [0.29, 0.717) is 25.3 Å². The van der Waals surface area contributed by atoms with Crippen LogP contribution in [0.15, 0.2) is 28.9 Å². The van der Waals surface area contributed by atoms with Crippen molar-refractivity contribution >= 4 is 18.0 Å². The fourth-order valence-electron chi connectivity index (χ4n) is 2.50. The maximum atomic E-state index is 12.7. The smallest absolute Gasteiger partial charge is 0.276 e. The summed E-state index contributed by atoms with van der Waals surface area (Å²) >= 11 is 0. The van der Waals surface area contributed by atoms with Crippen molar-refractivity contribution in [1.29, 1.82) is 0 Å². The minimum atomic E-state index is -0.618. The highest BCUT2D eigenvalue weighted by molar-refractivity contribution is 5.99. The maximum absolute atomic E-state index is 12.7. The zero-order chi connectivity index (χ0) is 16.1. The molecule has 118 valence electrons. The molecule has 0 aromatic carbocycles. The lowest BCUT2D eigenvalue weighted by atomic mass is 10.2. The van der Waals surface area contributed by atoms with Gasteiger partial charge in [0.1, 0.15) is 5.69 Å². The summed E-state index contributed by atoms with van der Waals surface area (Å²) in [4.78, 5) is 29.9. The molecule has 0 atom stereocenters. The summed E-state index contributed by atoms with van der Waals surface area (Å²) in [7, 11) is 1.69. The number of amides is 2. The number of aliphatic imine (C=N–C) groups is 1. The van der Waals surface area contributed by atoms with E-state index in [9.17, 15) is 9.59 Å². The van der Waals surface area contributed by atoms with Crippen LogP contribution >= 0.6 is 0 Å². The number of aryl methyl sites for hydroxylation is 1. The Balaban J connectivity index is 2.26. The fourth-order valence-corrected chi connectivity index (χ4v) is 2.50. The third kappa shape index (κ3) is 3.25. The number of rotatable bonds is 4. The molecule has 0 spiro atoms. The first-order chi connectivity index (χ1) is 10.6. The molecule has 2 heterocycles. The highest BCUT2D eigenvalue weighted by Gasteiger charge is 2.25. The number of carbonyl (C=O) groups is 2. The van der Waals surface area contributed by atoms with Gasteiger partial charge in [-0.25, -0.2) is 5.48 Å². The topological polar surface area (TPSA) is 86.9 Å². The Morgan fingerprint density at radius 2 is 2.27 bits per heavy atom. The average molecular weight is 304 g/mol. The van der Waals surface area contributed by atoms with Crippen molar-refractivity contribution in [2.24, 2.45) is 4.99 Å². The molecule has 0 unspecified atom stereocenters. The van der Waals surface area contributed by atoms with Crippen molar-refractivity contribution in [3.63, 3.8) is 0 Å². The van der Waals surface area contributed by atoms with Crippen LogP contribution in [0.5, 0.6) is 0 Å². The molecule has 7 heteroatoms. The molecule has 1 aromatic rings. The zero-order valence-corrected chi connectivity index (χ0v) is 12.7. The lowest BCUT2D eigenvalue weighted by molar-refractivity contribution is 0.0706. The van der Waals surface area contributed by atoms with E-state index in [2.05, 4.69) is 4.99 Å². The van der Waals surface area contributed by atoms with Crippen LogP contribution in [0.2, 0.25) is 0 Å². The predicted octanol–water partition coefficient (Wildman–Crippen LogP) is 1.10. The Hall–Kier alpha value is -2.41. The summed E-state index contributed by atoms with van der Waals surface area (Å²) in [6, 6.07) is 1.51. The van der Waals surface area contributed by atoms with Gasteiger partial charge in [0.2, 0.25) is 0 Å². The summed E-state index contributed by atoms with van der Waals surface area (Å²) in [6.07, 6.45) is 6.05. The van der Waals surface area contributed by atoms with Gasteiger partial charge < -0.3 is 9.47 Å². The normalized spacial score (nSPS) is 15.9. The predicted molar refractivity (Wildman–Crippen MR) is 82.4 cm³/mol. The molecule has 1 aromatic heterocycles. The zero-order valence-electron chi connectivity index (χ0n) is 12.7. The molecule has 1 aliphatic heterocycles. The number of nitrogens with zero attached hydrogens (tertiary/aromatic N) is 3. The van der Waals surface area contributed by atoms with Crippen LogP contribution in [0.25, 0.3) is 0 Å². The monoisotopic (exact) mass is 304 g/mol. The van der Waals surface area contributed by atoms with Gasteiger partial charge in [0.25, 0.3) is 11.8 Å². The quantitative estimate of drug-likeness (QED) is 0.496. The first-order valence-corrected chi connectivity index (χ1v) is 7.12. The Morgan fingerprint density at radius 1 is 1.50 bits per heavy atom. The molecule has 0 fully saturated rings. The Bertz CT molecular complexity index is 631. The number of hydroxylamine groups is 1. The molecule has 7 nitrogen and oxygen atoms in total. The molecule has 2 N–H and O–H groups in total. The third-order valence-corrected chi connectivity index (χ3v) is 3.63. The number of hydrogen-bond acceptors (Lipinski definition) is 4. The summed E-state index contributed by atoms with van der Waals surface area (Å²) in [6.45, 7) is 3.70. The Morgan fingerprint density at radius 3 is 2.91 bits per heavy atom. The number of allylic oxidation sites excluding steroid dienone is 1. The molecule has 2 amide bonds. The number of aromatic nitrogens is 1. The number of carbonyl (C=O) groups excluding carboxylic acids is 2. The van der Waals surface area contributed by atoms with Crippen molar-refractivity contribution in [3.8, 4) is 0 Å². The van der Waals surface area contributed by atoms with Gasteiger partial charge in [0.15, 0.2) is 0 Å². The van der Waals surface area contributed by atoms with Gasteiger partial charge in [-0.3, -0.25) is 19.8 Å². The van der Waals surface area contributed by atoms with Crippen LogP contribution in [0, 0.1) is 0 Å². The summed E-state index contributed by atoms with van der Waals surface area (Å²) < 4.78 is 1.76. The van der Waals surface area contributed by atoms with Crippen LogP contribution in [0.1, 0.15) is 34.2 Å². The van der Waals surface area contributed by atoms with Gasteiger partial charge in [-0.1, -0.05) is 6.08 Å². The van der Waals surface area contributed by atoms with Crippen molar-refractivity contribution in [3.05, 3.63) is 35.2 Å². The molecule has 0 saturated heterocycles. The minimum absolute atomic E-state index is 0.127. The summed E-state index contributed by atoms with van der Waals surface area (Å²) in [5, 5.41) is 8.71. The van der Waals surface area contributed by atoms with E-state index in [4.69, 9.17) is 5.21 Å². The first kappa shape index (κ1) is 16.0. The molecule has 0 radical (unpaired) electrons. The average Bonchev–Trinajstić information content (AvgIpc) is 2.90. The first-order valence-electron chi connectivity index (χ1n) is 7.12. The number of fused-ring (bicyclic) bond motifs is 1. The van der Waals surface area contributed by atoms with Gasteiger partial charge in [-0.2, -0.15) is 0 Å². The van der Waals surface area contributed by atoms with E-state index in [1.807, 2.05) is 13.0 Å². The number of nitrogens with one attached hydrogen (secondary N) is 1. The van der Waals surface area contributed by atoms with Crippen LogP contribution in [-0.4, -0.2) is 52.8 Å². The molecule has 1 aliphatic rings. The van der Waals surface area contributed by atoms with Gasteiger partial charge in [-0.15, -0.1) is 0 Å². The van der Waals surface area contributed by atoms with Gasteiger partial charge in [0, 0.05) is 39.1 Å².